The largest absolute Gasteiger partial charge is 0.462 e. The summed E-state index contributed by atoms with van der Waals surface area (Å²) in [7, 11) is 5.63. The average Bonchev–Trinajstić information content (AvgIpc) is 4.15. The van der Waals surface area contributed by atoms with Crippen LogP contribution in [0, 0.1) is 25.4 Å². The number of hydrogen-bond donors (Lipinski definition) is 2. The highest BCUT2D eigenvalue weighted by atomic mass is 127. The predicted octanol–water partition coefficient (Wildman–Crippen LogP) is 4.16. The van der Waals surface area contributed by atoms with Gasteiger partial charge in [-0.15, -0.1) is 6.42 Å². The van der Waals surface area contributed by atoms with Gasteiger partial charge in [0.05, 0.1) is 38.5 Å². The molecule has 65 heavy (non-hydrogen) atoms. The fourth-order valence-corrected chi connectivity index (χ4v) is 15.0. The molecule has 0 amide bonds. The molecule has 0 saturated carbocycles. The van der Waals surface area contributed by atoms with Crippen molar-refractivity contribution in [3.63, 3.8) is 0 Å². The van der Waals surface area contributed by atoms with E-state index in [1.54, 1.807) is 12.3 Å². The van der Waals surface area contributed by atoms with Crippen molar-refractivity contribution >= 4 is 121 Å². The maximum atomic E-state index is 12.0. The lowest BCUT2D eigenvalue weighted by atomic mass is 10.1. The SMILES string of the molecule is C#Cc1ccc(N2C[C@H]3C[C@@H]2CN3C2COC2)nc1.C1N[C@H]2CN[C@@H]1C2.CC(C)(C)OC=O.Fc1ccc(I)cn1.Ic1ccc(N2C[C@H]3C[C@@H]2CN3C2COC2)nc1.S=S=S=S=S=S. The van der Waals surface area contributed by atoms with Crippen molar-refractivity contribution in [3.8, 4) is 12.3 Å². The quantitative estimate of drug-likeness (QED) is 0.165. The Morgan fingerprint density at radius 3 is 1.49 bits per heavy atom. The number of nitrogens with zero attached hydrogens (tertiary/aromatic N) is 7. The molecule has 354 valence electrons. The topological polar surface area (TPSA) is 120 Å². The van der Waals surface area contributed by atoms with Gasteiger partial charge in [0, 0.05) is 165 Å². The van der Waals surface area contributed by atoms with Crippen LogP contribution in [-0.2, 0) is 76.9 Å². The number of piperazine rings is 3. The van der Waals surface area contributed by atoms with E-state index < -0.39 is 5.95 Å². The van der Waals surface area contributed by atoms with Crippen LogP contribution in [0.3, 0.4) is 0 Å². The maximum absolute atomic E-state index is 12.0. The smallest absolute Gasteiger partial charge is 0.293 e. The van der Waals surface area contributed by atoms with Gasteiger partial charge < -0.3 is 34.6 Å². The number of hydrogen-bond acceptors (Lipinski definition) is 15. The number of terminal acetylenes is 1. The Kier molecular flexibility index (Phi) is 21.6. The van der Waals surface area contributed by atoms with E-state index >= 15 is 0 Å². The number of rotatable bonds is 5. The van der Waals surface area contributed by atoms with Gasteiger partial charge in [-0.1, -0.05) is 5.92 Å². The highest BCUT2D eigenvalue weighted by Gasteiger charge is 2.48. The standard InChI is InChI=1S/C15H17N3O.C13H16IN3O.C5H3FIN.C5H10N2.C5H10O2.S6/c1-2-11-3-4-15(16-6-11)18-8-12-5-13(18)7-17(12)14-9-19-10-14;14-9-1-2-13(15-4-9)17-6-10-3-11(17)5-16(10)12-7-18-8-12;6-5-2-1-4(7)3-8-5;1-4-2-6-5(1)3-7-4;1-5(2,3)7-4-6;1-3-5-6-4-2/h1,3-4,6,12-14H,5,7-10H2;1-2,4,10-12H,3,5-8H2;1-3H;4-7H,1-3H2;4H,1-3H3;/t12-,13-;10-,11-;;4-,5-;;/m11.1../s1. The Bertz CT molecular complexity index is 2140. The predicted molar refractivity (Wildman–Crippen MR) is 287 cm³/mol. The third-order valence-electron chi connectivity index (χ3n) is 12.0. The van der Waals surface area contributed by atoms with Crippen LogP contribution in [0.4, 0.5) is 16.0 Å². The molecule has 22 heteroatoms. The summed E-state index contributed by atoms with van der Waals surface area (Å²) in [5.41, 5.74) is 0.531. The first-order chi connectivity index (χ1) is 31.4. The van der Waals surface area contributed by atoms with Gasteiger partial charge in [-0.2, -0.15) is 4.39 Å². The molecular weight excluding hydrogens is 1170 g/mol. The van der Waals surface area contributed by atoms with Crippen LogP contribution < -0.4 is 20.4 Å². The van der Waals surface area contributed by atoms with Crippen molar-refractivity contribution in [2.24, 2.45) is 0 Å². The molecule has 2 N–H and O–H groups in total. The lowest BCUT2D eigenvalue weighted by Gasteiger charge is -2.42. The van der Waals surface area contributed by atoms with E-state index in [4.69, 9.17) is 15.9 Å². The van der Waals surface area contributed by atoms with E-state index in [-0.39, 0.29) is 5.60 Å². The van der Waals surface area contributed by atoms with Gasteiger partial charge in [0.25, 0.3) is 6.47 Å². The molecule has 8 fully saturated rings. The minimum atomic E-state index is -0.426. The molecule has 13 nitrogen and oxygen atoms in total. The molecule has 8 aliphatic heterocycles. The van der Waals surface area contributed by atoms with Crippen LogP contribution in [0.25, 0.3) is 0 Å². The van der Waals surface area contributed by atoms with Gasteiger partial charge in [-0.05, 0) is 122 Å². The number of ether oxygens (including phenoxy) is 3. The normalized spacial score (nSPS) is 25.7. The number of fused-ring (bicyclic) bond motifs is 6. The van der Waals surface area contributed by atoms with E-state index in [1.165, 1.54) is 90.3 Å². The number of anilines is 2. The first kappa shape index (κ1) is 52.9. The highest BCUT2D eigenvalue weighted by Crippen LogP contribution is 2.37. The Labute approximate surface area is 431 Å². The lowest BCUT2D eigenvalue weighted by molar-refractivity contribution is -0.138. The van der Waals surface area contributed by atoms with Crippen molar-refractivity contribution in [1.82, 2.24) is 35.4 Å². The molecule has 0 radical (unpaired) electrons. The first-order valence-electron chi connectivity index (χ1n) is 21.4. The van der Waals surface area contributed by atoms with Crippen molar-refractivity contribution < 1.29 is 23.4 Å². The highest BCUT2D eigenvalue weighted by molar-refractivity contribution is 14.1. The molecule has 0 unspecified atom stereocenters. The second-order valence-corrected chi connectivity index (χ2v) is 27.0. The monoisotopic (exact) mass is 1230 g/mol. The fraction of sp³-hybridized carbons (Fsp3) is 0.581. The van der Waals surface area contributed by atoms with Gasteiger partial charge in [-0.25, -0.2) is 15.0 Å². The van der Waals surface area contributed by atoms with Crippen LogP contribution in [0.1, 0.15) is 45.6 Å². The minimum Gasteiger partial charge on any atom is -0.462 e. The van der Waals surface area contributed by atoms with Crippen LogP contribution >= 0.6 is 45.2 Å². The average molecular weight is 1230 g/mol. The molecule has 8 saturated heterocycles. The molecule has 11 heterocycles. The van der Waals surface area contributed by atoms with E-state index in [9.17, 15) is 9.18 Å². The van der Waals surface area contributed by atoms with Crippen molar-refractivity contribution in [3.05, 3.63) is 73.6 Å². The van der Waals surface area contributed by atoms with E-state index in [0.717, 1.165) is 78.9 Å². The van der Waals surface area contributed by atoms with E-state index in [1.807, 2.05) is 39.1 Å². The second kappa shape index (κ2) is 26.5. The number of halogens is 3. The molecule has 0 aliphatic carbocycles. The molecule has 0 aromatic carbocycles. The summed E-state index contributed by atoms with van der Waals surface area (Å²) < 4.78 is 29.3. The second-order valence-electron chi connectivity index (χ2n) is 17.4. The number of nitrogens with one attached hydrogen (secondary N) is 2. The molecule has 6 bridgehead atoms. The summed E-state index contributed by atoms with van der Waals surface area (Å²) in [6.07, 6.45) is 14.5. The summed E-state index contributed by atoms with van der Waals surface area (Å²) in [5.74, 6) is 4.40. The van der Waals surface area contributed by atoms with Crippen molar-refractivity contribution in [2.75, 3.05) is 75.5 Å². The summed E-state index contributed by atoms with van der Waals surface area (Å²) in [6.45, 7) is 16.6. The first-order valence-corrected chi connectivity index (χ1v) is 30.2. The minimum absolute atomic E-state index is 0.318. The number of likely N-dealkylation sites (tertiary alicyclic amines) is 2. The van der Waals surface area contributed by atoms with Gasteiger partial charge >= 0.3 is 0 Å². The number of carbonyl (C=O) groups is 1. The Balaban J connectivity index is 0.000000139. The van der Waals surface area contributed by atoms with Crippen LogP contribution in [0.2, 0.25) is 0 Å². The van der Waals surface area contributed by atoms with E-state index in [2.05, 4.69) is 136 Å². The molecule has 6 atom stereocenters. The van der Waals surface area contributed by atoms with Gasteiger partial charge in [0.2, 0.25) is 5.95 Å². The summed E-state index contributed by atoms with van der Waals surface area (Å²) in [5, 5.41) is 6.79. The van der Waals surface area contributed by atoms with Crippen LogP contribution in [-0.4, -0.2) is 151 Å². The zero-order valence-corrected chi connectivity index (χ0v) is 45.7. The summed E-state index contributed by atoms with van der Waals surface area (Å²) in [6, 6.07) is 16.9. The van der Waals surface area contributed by atoms with Crippen LogP contribution in [0.5, 0.6) is 0 Å². The lowest BCUT2D eigenvalue weighted by Crippen LogP contribution is -2.56. The number of pyridine rings is 3. The van der Waals surface area contributed by atoms with Gasteiger partial charge in [0.15, 0.2) is 0 Å². The zero-order valence-electron chi connectivity index (χ0n) is 36.5. The Morgan fingerprint density at radius 1 is 0.738 bits per heavy atom. The van der Waals surface area contributed by atoms with Gasteiger partial charge in [0.1, 0.15) is 17.2 Å². The van der Waals surface area contributed by atoms with E-state index in [0.29, 0.717) is 42.7 Å². The Morgan fingerprint density at radius 2 is 1.23 bits per heavy atom. The van der Waals surface area contributed by atoms with Crippen molar-refractivity contribution in [2.45, 2.75) is 94.0 Å². The third kappa shape index (κ3) is 16.0. The summed E-state index contributed by atoms with van der Waals surface area (Å²) >= 11 is 13.4. The number of aromatic nitrogens is 3. The third-order valence-corrected chi connectivity index (χ3v) is 20.0. The molecule has 3 aromatic heterocycles. The molecule has 0 spiro atoms. The fourth-order valence-electron chi connectivity index (χ4n) is 8.82. The van der Waals surface area contributed by atoms with Crippen LogP contribution in [0.15, 0.2) is 55.0 Å². The number of carbonyl (C=O) groups excluding carboxylic acids is 1. The molecule has 8 aliphatic rings. The molecular formula is C43H56FI2N9O4S6. The molecule has 11 rings (SSSR count). The molecule has 3 aromatic rings. The van der Waals surface area contributed by atoms with Gasteiger partial charge in [-0.3, -0.25) is 14.6 Å². The Hall–Kier alpha value is -1.45. The summed E-state index contributed by atoms with van der Waals surface area (Å²) in [4.78, 5) is 32.2. The van der Waals surface area contributed by atoms with Crippen molar-refractivity contribution in [1.29, 1.82) is 0 Å². The zero-order chi connectivity index (χ0) is 46.3. The maximum Gasteiger partial charge on any atom is 0.293 e.